The molecule has 0 atom stereocenters. The molecule has 2 aromatic carbocycles. The number of carbonyl (C=O) groups excluding carboxylic acids is 1. The molecule has 0 unspecified atom stereocenters. The van der Waals surface area contributed by atoms with Gasteiger partial charge in [-0.2, -0.15) is 5.10 Å². The molecule has 0 N–H and O–H groups in total. The number of benzene rings is 2. The van der Waals surface area contributed by atoms with Crippen LogP contribution in [0.5, 0.6) is 5.75 Å². The van der Waals surface area contributed by atoms with Crippen molar-refractivity contribution in [2.45, 2.75) is 38.0 Å². The predicted octanol–water partition coefficient (Wildman–Crippen LogP) is 3.72. The minimum Gasteiger partial charge on any atom is -0.497 e. The summed E-state index contributed by atoms with van der Waals surface area (Å²) in [6.45, 7) is 4.37. The lowest BCUT2D eigenvalue weighted by Crippen LogP contribution is -2.46. The fourth-order valence-electron chi connectivity index (χ4n) is 4.86. The lowest BCUT2D eigenvalue weighted by Gasteiger charge is -2.34. The molecule has 1 aliphatic rings. The number of likely N-dealkylation sites (tertiary alicyclic amines) is 1. The second kappa shape index (κ2) is 10.7. The molecule has 3 aromatic rings. The standard InChI is InChI=1S/C27H34N4O4S/c1-20-27(21(2)29(3)28-20)36(33,34)31(24-10-12-25(35-4)13-11-24)19-26(32)30-16-14-23(15-17-30)18-22-8-6-5-7-9-22/h5-13,23H,14-19H2,1-4H3. The average Bonchev–Trinajstić information content (AvgIpc) is 3.14. The second-order valence-corrected chi connectivity index (χ2v) is 11.1. The van der Waals surface area contributed by atoms with Gasteiger partial charge in [0.15, 0.2) is 0 Å². The maximum absolute atomic E-state index is 13.9. The van der Waals surface area contributed by atoms with Crippen LogP contribution in [0.15, 0.2) is 59.5 Å². The number of nitrogens with zero attached hydrogens (tertiary/aromatic N) is 4. The smallest absolute Gasteiger partial charge is 0.268 e. The second-order valence-electron chi connectivity index (χ2n) is 9.35. The average molecular weight is 511 g/mol. The number of hydrogen-bond acceptors (Lipinski definition) is 5. The number of rotatable bonds is 8. The molecule has 4 rings (SSSR count). The molecule has 0 bridgehead atoms. The fraction of sp³-hybridized carbons (Fsp3) is 0.407. The lowest BCUT2D eigenvalue weighted by molar-refractivity contribution is -0.130. The molecule has 1 aromatic heterocycles. The number of aryl methyl sites for hydroxylation is 2. The summed E-state index contributed by atoms with van der Waals surface area (Å²) in [6, 6.07) is 17.1. The quantitative estimate of drug-likeness (QED) is 0.461. The molecule has 2 heterocycles. The minimum atomic E-state index is -4.04. The van der Waals surface area contributed by atoms with Crippen LogP contribution in [0, 0.1) is 19.8 Å². The van der Waals surface area contributed by atoms with Crippen molar-refractivity contribution in [1.29, 1.82) is 0 Å². The van der Waals surface area contributed by atoms with E-state index >= 15 is 0 Å². The van der Waals surface area contributed by atoms with E-state index in [4.69, 9.17) is 4.74 Å². The van der Waals surface area contributed by atoms with Gasteiger partial charge in [-0.15, -0.1) is 0 Å². The van der Waals surface area contributed by atoms with E-state index in [-0.39, 0.29) is 17.3 Å². The largest absolute Gasteiger partial charge is 0.497 e. The molecule has 192 valence electrons. The van der Waals surface area contributed by atoms with Crippen molar-refractivity contribution in [2.75, 3.05) is 31.0 Å². The molecule has 1 fully saturated rings. The Hall–Kier alpha value is -3.33. The van der Waals surface area contributed by atoms with Crippen LogP contribution < -0.4 is 9.04 Å². The number of sulfonamides is 1. The van der Waals surface area contributed by atoms with Crippen molar-refractivity contribution >= 4 is 21.6 Å². The molecule has 1 aliphatic heterocycles. The molecular formula is C27H34N4O4S. The van der Waals surface area contributed by atoms with Gasteiger partial charge in [0.2, 0.25) is 5.91 Å². The Balaban J connectivity index is 1.54. The number of aromatic nitrogens is 2. The van der Waals surface area contributed by atoms with Gasteiger partial charge < -0.3 is 9.64 Å². The van der Waals surface area contributed by atoms with Crippen LogP contribution in [0.3, 0.4) is 0 Å². The summed E-state index contributed by atoms with van der Waals surface area (Å²) in [7, 11) is -0.773. The Morgan fingerprint density at radius 3 is 2.25 bits per heavy atom. The van der Waals surface area contributed by atoms with Crippen LogP contribution in [0.25, 0.3) is 0 Å². The van der Waals surface area contributed by atoms with Gasteiger partial charge >= 0.3 is 0 Å². The van der Waals surface area contributed by atoms with E-state index in [1.54, 1.807) is 61.9 Å². The van der Waals surface area contributed by atoms with Crippen molar-refractivity contribution in [3.63, 3.8) is 0 Å². The maximum atomic E-state index is 13.9. The predicted molar refractivity (Wildman–Crippen MR) is 140 cm³/mol. The SMILES string of the molecule is COc1ccc(N(CC(=O)N2CCC(Cc3ccccc3)CC2)S(=O)(=O)c2c(C)nn(C)c2C)cc1. The van der Waals surface area contributed by atoms with Crippen LogP contribution in [0.2, 0.25) is 0 Å². The first-order valence-electron chi connectivity index (χ1n) is 12.2. The highest BCUT2D eigenvalue weighted by Crippen LogP contribution is 2.30. The van der Waals surface area contributed by atoms with Crippen LogP contribution in [-0.2, 0) is 28.3 Å². The number of ether oxygens (including phenoxy) is 1. The third-order valence-electron chi connectivity index (χ3n) is 6.96. The minimum absolute atomic E-state index is 0.134. The highest BCUT2D eigenvalue weighted by Gasteiger charge is 2.34. The van der Waals surface area contributed by atoms with E-state index in [0.717, 1.165) is 19.3 Å². The zero-order valence-electron chi connectivity index (χ0n) is 21.3. The topological polar surface area (TPSA) is 84.7 Å². The summed E-state index contributed by atoms with van der Waals surface area (Å²) in [4.78, 5) is 15.3. The van der Waals surface area contributed by atoms with Gasteiger partial charge in [-0.3, -0.25) is 13.8 Å². The number of anilines is 1. The van der Waals surface area contributed by atoms with E-state index < -0.39 is 10.0 Å². The Bertz CT molecular complexity index is 1300. The van der Waals surface area contributed by atoms with E-state index in [1.165, 1.54) is 9.87 Å². The summed E-state index contributed by atoms with van der Waals surface area (Å²) < 4.78 is 35.8. The highest BCUT2D eigenvalue weighted by atomic mass is 32.2. The van der Waals surface area contributed by atoms with E-state index in [1.807, 2.05) is 18.2 Å². The van der Waals surface area contributed by atoms with Gasteiger partial charge in [0.25, 0.3) is 10.0 Å². The van der Waals surface area contributed by atoms with Crippen LogP contribution in [0.4, 0.5) is 5.69 Å². The molecule has 1 amide bonds. The summed E-state index contributed by atoms with van der Waals surface area (Å²) in [6.07, 6.45) is 2.79. The Kier molecular flexibility index (Phi) is 7.68. The first-order valence-corrected chi connectivity index (χ1v) is 13.6. The maximum Gasteiger partial charge on any atom is 0.268 e. The van der Waals surface area contributed by atoms with E-state index in [2.05, 4.69) is 17.2 Å². The van der Waals surface area contributed by atoms with Crippen molar-refractivity contribution < 1.29 is 17.9 Å². The van der Waals surface area contributed by atoms with Gasteiger partial charge in [-0.05, 0) is 68.9 Å². The molecular weight excluding hydrogens is 476 g/mol. The van der Waals surface area contributed by atoms with Crippen molar-refractivity contribution in [3.8, 4) is 5.75 Å². The highest BCUT2D eigenvalue weighted by molar-refractivity contribution is 7.93. The van der Waals surface area contributed by atoms with Crippen molar-refractivity contribution in [3.05, 3.63) is 71.5 Å². The molecule has 9 heteroatoms. The van der Waals surface area contributed by atoms with Crippen LogP contribution in [0.1, 0.15) is 29.8 Å². The molecule has 1 saturated heterocycles. The van der Waals surface area contributed by atoms with Gasteiger partial charge in [0.1, 0.15) is 17.2 Å². The summed E-state index contributed by atoms with van der Waals surface area (Å²) in [5, 5.41) is 4.29. The number of piperidine rings is 1. The summed E-state index contributed by atoms with van der Waals surface area (Å²) in [5.41, 5.74) is 2.65. The number of methoxy groups -OCH3 is 1. The normalized spacial score (nSPS) is 14.6. The Morgan fingerprint density at radius 1 is 1.06 bits per heavy atom. The van der Waals surface area contributed by atoms with Crippen LogP contribution >= 0.6 is 0 Å². The first-order chi connectivity index (χ1) is 17.2. The van der Waals surface area contributed by atoms with Gasteiger partial charge in [0, 0.05) is 20.1 Å². The molecule has 0 saturated carbocycles. The van der Waals surface area contributed by atoms with Crippen molar-refractivity contribution in [2.24, 2.45) is 13.0 Å². The van der Waals surface area contributed by atoms with Gasteiger partial charge in [-0.1, -0.05) is 30.3 Å². The zero-order valence-corrected chi connectivity index (χ0v) is 22.2. The third kappa shape index (κ3) is 5.41. The molecule has 0 spiro atoms. The molecule has 0 aliphatic carbocycles. The Labute approximate surface area is 213 Å². The number of carbonyl (C=O) groups is 1. The lowest BCUT2D eigenvalue weighted by atomic mass is 9.90. The van der Waals surface area contributed by atoms with E-state index in [0.29, 0.717) is 41.8 Å². The first kappa shape index (κ1) is 25.8. The Morgan fingerprint density at radius 2 is 1.69 bits per heavy atom. The third-order valence-corrected chi connectivity index (χ3v) is 8.99. The number of hydrogen-bond donors (Lipinski definition) is 0. The van der Waals surface area contributed by atoms with E-state index in [9.17, 15) is 13.2 Å². The molecule has 36 heavy (non-hydrogen) atoms. The molecule has 8 nitrogen and oxygen atoms in total. The number of amides is 1. The van der Waals surface area contributed by atoms with Gasteiger partial charge in [0.05, 0.1) is 24.2 Å². The zero-order chi connectivity index (χ0) is 25.9. The summed E-state index contributed by atoms with van der Waals surface area (Å²) in [5.74, 6) is 0.918. The van der Waals surface area contributed by atoms with Crippen molar-refractivity contribution in [1.82, 2.24) is 14.7 Å². The van der Waals surface area contributed by atoms with Gasteiger partial charge in [-0.25, -0.2) is 8.42 Å². The van der Waals surface area contributed by atoms with Crippen LogP contribution in [-0.4, -0.2) is 55.7 Å². The fourth-order valence-corrected chi connectivity index (χ4v) is 6.68. The summed E-state index contributed by atoms with van der Waals surface area (Å²) >= 11 is 0. The molecule has 0 radical (unpaired) electrons. The monoisotopic (exact) mass is 510 g/mol.